The first-order valence-corrected chi connectivity index (χ1v) is 10.6. The molecule has 2 aromatic carbocycles. The van der Waals surface area contributed by atoms with Gasteiger partial charge in [0.05, 0.1) is 4.90 Å². The summed E-state index contributed by atoms with van der Waals surface area (Å²) in [5, 5.41) is 1.66. The van der Waals surface area contributed by atoms with Gasteiger partial charge in [-0.05, 0) is 47.4 Å². The molecule has 0 atom stereocenters. The van der Waals surface area contributed by atoms with Crippen molar-refractivity contribution >= 4 is 32.5 Å². The van der Waals surface area contributed by atoms with E-state index in [1.54, 1.807) is 16.4 Å². The lowest BCUT2D eigenvalue weighted by atomic mass is 10.0. The Labute approximate surface area is 158 Å². The van der Waals surface area contributed by atoms with Gasteiger partial charge in [-0.1, -0.05) is 37.6 Å². The van der Waals surface area contributed by atoms with Crippen LogP contribution >= 0.6 is 11.6 Å². The van der Waals surface area contributed by atoms with Crippen LogP contribution in [0.3, 0.4) is 0 Å². The first-order valence-electron chi connectivity index (χ1n) is 8.75. The predicted molar refractivity (Wildman–Crippen MR) is 105 cm³/mol. The molecule has 0 fully saturated rings. The van der Waals surface area contributed by atoms with Crippen molar-refractivity contribution in [3.8, 4) is 0 Å². The Morgan fingerprint density at radius 1 is 1.12 bits per heavy atom. The van der Waals surface area contributed by atoms with Crippen molar-refractivity contribution in [1.29, 1.82) is 0 Å². The lowest BCUT2D eigenvalue weighted by molar-refractivity contribution is 0.391. The van der Waals surface area contributed by atoms with E-state index < -0.39 is 10.0 Å². The van der Waals surface area contributed by atoms with E-state index >= 15 is 0 Å². The highest BCUT2D eigenvalue weighted by molar-refractivity contribution is 7.89. The molecule has 0 unspecified atom stereocenters. The van der Waals surface area contributed by atoms with Gasteiger partial charge >= 0.3 is 0 Å². The van der Waals surface area contributed by atoms with E-state index in [4.69, 9.17) is 11.6 Å². The maximum atomic E-state index is 13.1. The zero-order valence-corrected chi connectivity index (χ0v) is 16.4. The van der Waals surface area contributed by atoms with Crippen LogP contribution in [0, 0.1) is 0 Å². The van der Waals surface area contributed by atoms with Gasteiger partial charge in [0.15, 0.2) is 0 Å². The molecule has 0 radical (unpaired) electrons. The van der Waals surface area contributed by atoms with Crippen LogP contribution in [0.1, 0.15) is 36.6 Å². The largest absolute Gasteiger partial charge is 0.358 e. The summed E-state index contributed by atoms with van der Waals surface area (Å²) in [4.78, 5) is 3.75. The molecule has 1 N–H and O–H groups in total. The third-order valence-electron chi connectivity index (χ3n) is 5.09. The minimum atomic E-state index is -3.52. The zero-order chi connectivity index (χ0) is 18.5. The third-order valence-corrected chi connectivity index (χ3v) is 7.18. The van der Waals surface area contributed by atoms with Gasteiger partial charge in [-0.3, -0.25) is 0 Å². The summed E-state index contributed by atoms with van der Waals surface area (Å²) < 4.78 is 27.7. The van der Waals surface area contributed by atoms with Crippen LogP contribution < -0.4 is 0 Å². The van der Waals surface area contributed by atoms with Crippen molar-refractivity contribution in [2.75, 3.05) is 6.54 Å². The Morgan fingerprint density at radius 2 is 1.85 bits per heavy atom. The van der Waals surface area contributed by atoms with Gasteiger partial charge < -0.3 is 4.98 Å². The SMILES string of the molecule is CC(C)c1ccc(S(=O)(=O)N2CCc3[nH]c4ccc(Cl)cc4c3C2)cc1. The van der Waals surface area contributed by atoms with E-state index in [9.17, 15) is 8.42 Å². The van der Waals surface area contributed by atoms with Crippen LogP contribution in [0.25, 0.3) is 10.9 Å². The van der Waals surface area contributed by atoms with E-state index in [2.05, 4.69) is 18.8 Å². The van der Waals surface area contributed by atoms with Crippen LogP contribution in [-0.2, 0) is 23.0 Å². The molecule has 0 bridgehead atoms. The van der Waals surface area contributed by atoms with Gasteiger partial charge in [-0.25, -0.2) is 8.42 Å². The van der Waals surface area contributed by atoms with E-state index in [1.165, 1.54) is 0 Å². The number of aromatic nitrogens is 1. The third kappa shape index (κ3) is 2.94. The molecule has 136 valence electrons. The van der Waals surface area contributed by atoms with Gasteiger partial charge in [0.25, 0.3) is 0 Å². The summed E-state index contributed by atoms with van der Waals surface area (Å²) in [6.45, 7) is 5.03. The van der Waals surface area contributed by atoms with Crippen LogP contribution in [-0.4, -0.2) is 24.3 Å². The highest BCUT2D eigenvalue weighted by Gasteiger charge is 2.30. The first-order chi connectivity index (χ1) is 12.4. The van der Waals surface area contributed by atoms with Crippen molar-refractivity contribution in [3.05, 3.63) is 64.3 Å². The number of fused-ring (bicyclic) bond motifs is 3. The average Bonchev–Trinajstić information content (AvgIpc) is 2.99. The lowest BCUT2D eigenvalue weighted by Crippen LogP contribution is -2.35. The Hall–Kier alpha value is -1.82. The molecular weight excluding hydrogens is 368 g/mol. The number of benzene rings is 2. The molecule has 2 heterocycles. The fraction of sp³-hybridized carbons (Fsp3) is 0.300. The Kier molecular flexibility index (Phi) is 4.34. The monoisotopic (exact) mass is 388 g/mol. The zero-order valence-electron chi connectivity index (χ0n) is 14.8. The molecule has 0 aliphatic carbocycles. The molecule has 1 aromatic heterocycles. The molecule has 3 aromatic rings. The number of rotatable bonds is 3. The second-order valence-electron chi connectivity index (χ2n) is 7.08. The van der Waals surface area contributed by atoms with Crippen molar-refractivity contribution in [2.24, 2.45) is 0 Å². The first kappa shape index (κ1) is 17.6. The molecular formula is C20H21ClN2O2S. The summed E-state index contributed by atoms with van der Waals surface area (Å²) >= 11 is 6.13. The van der Waals surface area contributed by atoms with Gasteiger partial charge in [-0.15, -0.1) is 0 Å². The number of hydrogen-bond acceptors (Lipinski definition) is 2. The highest BCUT2D eigenvalue weighted by Crippen LogP contribution is 2.32. The molecule has 26 heavy (non-hydrogen) atoms. The van der Waals surface area contributed by atoms with Crippen LogP contribution in [0.4, 0.5) is 0 Å². The topological polar surface area (TPSA) is 53.2 Å². The second-order valence-corrected chi connectivity index (χ2v) is 9.46. The number of nitrogens with zero attached hydrogens (tertiary/aromatic N) is 1. The molecule has 6 heteroatoms. The molecule has 4 nitrogen and oxygen atoms in total. The standard InChI is InChI=1S/C20H21ClN2O2S/c1-13(2)14-3-6-16(7-4-14)26(24,25)23-10-9-20-18(12-23)17-11-15(21)5-8-19(17)22-20/h3-8,11,13,22H,9-10,12H2,1-2H3. The maximum Gasteiger partial charge on any atom is 0.243 e. The minimum Gasteiger partial charge on any atom is -0.358 e. The van der Waals surface area contributed by atoms with E-state index in [0.29, 0.717) is 35.3 Å². The van der Waals surface area contributed by atoms with Crippen molar-refractivity contribution in [1.82, 2.24) is 9.29 Å². The Morgan fingerprint density at radius 3 is 2.54 bits per heavy atom. The van der Waals surface area contributed by atoms with Gasteiger partial charge in [0.2, 0.25) is 10.0 Å². The quantitative estimate of drug-likeness (QED) is 0.707. The number of nitrogens with one attached hydrogen (secondary N) is 1. The second kappa shape index (κ2) is 6.41. The maximum absolute atomic E-state index is 13.1. The average molecular weight is 389 g/mol. The Balaban J connectivity index is 1.69. The molecule has 0 saturated heterocycles. The van der Waals surface area contributed by atoms with E-state index in [0.717, 1.165) is 27.7 Å². The smallest absolute Gasteiger partial charge is 0.243 e. The van der Waals surface area contributed by atoms with Crippen LogP contribution in [0.5, 0.6) is 0 Å². The van der Waals surface area contributed by atoms with E-state index in [-0.39, 0.29) is 0 Å². The van der Waals surface area contributed by atoms with Gasteiger partial charge in [0, 0.05) is 41.1 Å². The van der Waals surface area contributed by atoms with Gasteiger partial charge in [-0.2, -0.15) is 4.31 Å². The number of aromatic amines is 1. The molecule has 4 rings (SSSR count). The molecule has 0 saturated carbocycles. The van der Waals surface area contributed by atoms with Crippen molar-refractivity contribution in [2.45, 2.75) is 37.6 Å². The fourth-order valence-corrected chi connectivity index (χ4v) is 5.12. The normalized spacial score (nSPS) is 15.5. The van der Waals surface area contributed by atoms with Crippen molar-refractivity contribution < 1.29 is 8.42 Å². The molecule has 0 amide bonds. The molecule has 1 aliphatic heterocycles. The Bertz CT molecular complexity index is 1070. The van der Waals surface area contributed by atoms with E-state index in [1.807, 2.05) is 30.3 Å². The number of sulfonamides is 1. The van der Waals surface area contributed by atoms with Crippen LogP contribution in [0.15, 0.2) is 47.4 Å². The number of H-pyrrole nitrogens is 1. The minimum absolute atomic E-state index is 0.350. The predicted octanol–water partition coefficient (Wildman–Crippen LogP) is 4.69. The van der Waals surface area contributed by atoms with Crippen molar-refractivity contribution in [3.63, 3.8) is 0 Å². The highest BCUT2D eigenvalue weighted by atomic mass is 35.5. The summed E-state index contributed by atoms with van der Waals surface area (Å²) in [7, 11) is -3.52. The summed E-state index contributed by atoms with van der Waals surface area (Å²) in [6.07, 6.45) is 0.672. The summed E-state index contributed by atoms with van der Waals surface area (Å²) in [5.41, 5.74) is 4.26. The molecule has 1 aliphatic rings. The number of hydrogen-bond donors (Lipinski definition) is 1. The van der Waals surface area contributed by atoms with Gasteiger partial charge in [0.1, 0.15) is 0 Å². The summed E-state index contributed by atoms with van der Waals surface area (Å²) in [6, 6.07) is 12.9. The fourth-order valence-electron chi connectivity index (χ4n) is 3.54. The molecule has 0 spiro atoms. The summed E-state index contributed by atoms with van der Waals surface area (Å²) in [5.74, 6) is 0.375. The lowest BCUT2D eigenvalue weighted by Gasteiger charge is -2.26. The number of halogens is 1. The van der Waals surface area contributed by atoms with Crippen LogP contribution in [0.2, 0.25) is 5.02 Å².